The van der Waals surface area contributed by atoms with Crippen LogP contribution < -0.4 is 21.1 Å². The Morgan fingerprint density at radius 2 is 1.97 bits per heavy atom. The molecule has 1 aromatic carbocycles. The predicted molar refractivity (Wildman–Crippen MR) is 120 cm³/mol. The molecule has 156 valence electrons. The van der Waals surface area contributed by atoms with E-state index in [2.05, 4.69) is 25.6 Å². The van der Waals surface area contributed by atoms with Crippen molar-refractivity contribution in [2.24, 2.45) is 10.7 Å². The van der Waals surface area contributed by atoms with E-state index in [4.69, 9.17) is 10.5 Å². The molecule has 2 aromatic heterocycles. The standard InChI is InChI=1S/C21H24N6O2S/c1-14(28)24-12-16-4-3-5-18(25-16)19-13-30-21(26-19)27-20(22)23-11-10-15-6-8-17(29-2)9-7-15/h3-9,13H,10-12H2,1-2H3,(H,24,28)(H3,22,23,26,27). The summed E-state index contributed by atoms with van der Waals surface area (Å²) in [5, 5.41) is 8.30. The quantitative estimate of drug-likeness (QED) is 0.378. The first-order valence-corrected chi connectivity index (χ1v) is 10.3. The second-order valence-electron chi connectivity index (χ2n) is 6.45. The Hall–Kier alpha value is -3.46. The number of anilines is 1. The number of nitrogens with zero attached hydrogens (tertiary/aromatic N) is 3. The van der Waals surface area contributed by atoms with Gasteiger partial charge in [0.25, 0.3) is 0 Å². The highest BCUT2D eigenvalue weighted by Gasteiger charge is 2.08. The number of hydrogen-bond acceptors (Lipinski definition) is 6. The van der Waals surface area contributed by atoms with Gasteiger partial charge in [0.05, 0.1) is 25.0 Å². The van der Waals surface area contributed by atoms with Gasteiger partial charge >= 0.3 is 0 Å². The van der Waals surface area contributed by atoms with Gasteiger partial charge in [-0.15, -0.1) is 11.3 Å². The van der Waals surface area contributed by atoms with Gasteiger partial charge in [-0.1, -0.05) is 18.2 Å². The molecule has 0 unspecified atom stereocenters. The molecule has 0 atom stereocenters. The Kier molecular flexibility index (Phi) is 7.34. The van der Waals surface area contributed by atoms with Gasteiger partial charge in [-0.2, -0.15) is 0 Å². The molecule has 3 rings (SSSR count). The Morgan fingerprint density at radius 3 is 2.70 bits per heavy atom. The van der Waals surface area contributed by atoms with E-state index in [9.17, 15) is 4.79 Å². The second kappa shape index (κ2) is 10.4. The van der Waals surface area contributed by atoms with Gasteiger partial charge in [-0.3, -0.25) is 9.79 Å². The van der Waals surface area contributed by atoms with Crippen molar-refractivity contribution in [3.63, 3.8) is 0 Å². The van der Waals surface area contributed by atoms with Crippen LogP contribution in [0, 0.1) is 0 Å². The summed E-state index contributed by atoms with van der Waals surface area (Å²) in [7, 11) is 1.65. The third-order valence-electron chi connectivity index (χ3n) is 4.17. The highest BCUT2D eigenvalue weighted by molar-refractivity contribution is 7.14. The topological polar surface area (TPSA) is 115 Å². The zero-order valence-corrected chi connectivity index (χ0v) is 17.7. The molecule has 0 aliphatic carbocycles. The third-order valence-corrected chi connectivity index (χ3v) is 4.93. The van der Waals surface area contributed by atoms with E-state index in [1.165, 1.54) is 18.3 Å². The molecular formula is C21H24N6O2S. The van der Waals surface area contributed by atoms with Crippen molar-refractivity contribution in [1.82, 2.24) is 15.3 Å². The average Bonchev–Trinajstić information content (AvgIpc) is 3.21. The van der Waals surface area contributed by atoms with Crippen LogP contribution in [0.1, 0.15) is 18.2 Å². The van der Waals surface area contributed by atoms with Crippen molar-refractivity contribution >= 4 is 28.3 Å². The van der Waals surface area contributed by atoms with Crippen molar-refractivity contribution in [3.05, 3.63) is 59.1 Å². The number of pyridine rings is 1. The predicted octanol–water partition coefficient (Wildman–Crippen LogP) is 2.82. The fourth-order valence-corrected chi connectivity index (χ4v) is 3.34. The van der Waals surface area contributed by atoms with E-state index in [0.29, 0.717) is 24.2 Å². The number of amides is 1. The molecule has 0 spiro atoms. The maximum absolute atomic E-state index is 11.1. The van der Waals surface area contributed by atoms with Crippen LogP contribution >= 0.6 is 11.3 Å². The first kappa shape index (κ1) is 21.3. The van der Waals surface area contributed by atoms with E-state index in [-0.39, 0.29) is 5.91 Å². The lowest BCUT2D eigenvalue weighted by atomic mass is 10.1. The van der Waals surface area contributed by atoms with Crippen LogP contribution in [0.5, 0.6) is 5.75 Å². The molecule has 3 aromatic rings. The van der Waals surface area contributed by atoms with Crippen LogP contribution in [0.2, 0.25) is 0 Å². The fraction of sp³-hybridized carbons (Fsp3) is 0.238. The lowest BCUT2D eigenvalue weighted by Gasteiger charge is -2.04. The number of ether oxygens (including phenoxy) is 1. The van der Waals surface area contributed by atoms with Crippen LogP contribution in [-0.4, -0.2) is 35.5 Å². The van der Waals surface area contributed by atoms with E-state index in [1.807, 2.05) is 47.8 Å². The minimum Gasteiger partial charge on any atom is -0.497 e. The van der Waals surface area contributed by atoms with Crippen molar-refractivity contribution in [1.29, 1.82) is 0 Å². The highest BCUT2D eigenvalue weighted by atomic mass is 32.1. The fourth-order valence-electron chi connectivity index (χ4n) is 2.63. The maximum atomic E-state index is 11.1. The van der Waals surface area contributed by atoms with Crippen molar-refractivity contribution in [2.75, 3.05) is 19.0 Å². The van der Waals surface area contributed by atoms with Crippen LogP contribution in [0.3, 0.4) is 0 Å². The van der Waals surface area contributed by atoms with Crippen molar-refractivity contribution < 1.29 is 9.53 Å². The Labute approximate surface area is 179 Å². The monoisotopic (exact) mass is 424 g/mol. The summed E-state index contributed by atoms with van der Waals surface area (Å²) in [6, 6.07) is 13.5. The summed E-state index contributed by atoms with van der Waals surface area (Å²) in [4.78, 5) is 24.5. The SMILES string of the molecule is COc1ccc(CCN=C(N)Nc2nc(-c3cccc(CNC(C)=O)n3)cs2)cc1. The molecule has 8 nitrogen and oxygen atoms in total. The van der Waals surface area contributed by atoms with E-state index in [0.717, 1.165) is 34.8 Å². The molecule has 30 heavy (non-hydrogen) atoms. The molecule has 9 heteroatoms. The summed E-state index contributed by atoms with van der Waals surface area (Å²) in [6.45, 7) is 2.42. The summed E-state index contributed by atoms with van der Waals surface area (Å²) in [5.74, 6) is 1.05. The van der Waals surface area contributed by atoms with Gasteiger partial charge in [-0.05, 0) is 36.2 Å². The number of nitrogens with one attached hydrogen (secondary N) is 2. The first-order valence-electron chi connectivity index (χ1n) is 9.39. The van der Waals surface area contributed by atoms with Crippen molar-refractivity contribution in [3.8, 4) is 17.1 Å². The van der Waals surface area contributed by atoms with Gasteiger partial charge in [0.2, 0.25) is 5.91 Å². The number of nitrogens with two attached hydrogens (primary N) is 1. The Bertz CT molecular complexity index is 1020. The minimum atomic E-state index is -0.0934. The van der Waals surface area contributed by atoms with Gasteiger partial charge < -0.3 is 21.1 Å². The molecule has 0 saturated carbocycles. The lowest BCUT2D eigenvalue weighted by Crippen LogP contribution is -2.23. The normalized spacial score (nSPS) is 11.2. The molecule has 0 aliphatic heterocycles. The molecule has 0 aliphatic rings. The zero-order valence-electron chi connectivity index (χ0n) is 16.9. The minimum absolute atomic E-state index is 0.0934. The van der Waals surface area contributed by atoms with Gasteiger partial charge in [-0.25, -0.2) is 9.97 Å². The molecule has 1 amide bonds. The van der Waals surface area contributed by atoms with Crippen LogP contribution in [0.4, 0.5) is 5.13 Å². The largest absolute Gasteiger partial charge is 0.497 e. The van der Waals surface area contributed by atoms with Gasteiger partial charge in [0.1, 0.15) is 11.4 Å². The number of hydrogen-bond donors (Lipinski definition) is 3. The zero-order chi connectivity index (χ0) is 21.3. The number of thiazole rings is 1. The second-order valence-corrected chi connectivity index (χ2v) is 7.31. The smallest absolute Gasteiger partial charge is 0.217 e. The average molecular weight is 425 g/mol. The van der Waals surface area contributed by atoms with Crippen LogP contribution in [-0.2, 0) is 17.8 Å². The molecule has 0 saturated heterocycles. The third kappa shape index (κ3) is 6.28. The van der Waals surface area contributed by atoms with E-state index < -0.39 is 0 Å². The van der Waals surface area contributed by atoms with Crippen LogP contribution in [0.25, 0.3) is 11.4 Å². The summed E-state index contributed by atoms with van der Waals surface area (Å²) < 4.78 is 5.16. The molecular weight excluding hydrogens is 400 g/mol. The molecule has 4 N–H and O–H groups in total. The number of aliphatic imine (C=N–C) groups is 1. The van der Waals surface area contributed by atoms with E-state index >= 15 is 0 Å². The van der Waals surface area contributed by atoms with Crippen molar-refractivity contribution in [2.45, 2.75) is 19.9 Å². The molecule has 0 fully saturated rings. The van der Waals surface area contributed by atoms with Crippen LogP contribution in [0.15, 0.2) is 52.8 Å². The lowest BCUT2D eigenvalue weighted by molar-refractivity contribution is -0.119. The molecule has 0 bridgehead atoms. The first-order chi connectivity index (χ1) is 14.5. The number of methoxy groups -OCH3 is 1. The maximum Gasteiger partial charge on any atom is 0.217 e. The molecule has 0 radical (unpaired) electrons. The number of carbonyl (C=O) groups excluding carboxylic acids is 1. The Balaban J connectivity index is 1.55. The highest BCUT2D eigenvalue weighted by Crippen LogP contribution is 2.23. The number of benzene rings is 1. The van der Waals surface area contributed by atoms with Gasteiger partial charge in [0.15, 0.2) is 11.1 Å². The Morgan fingerprint density at radius 1 is 1.17 bits per heavy atom. The summed E-state index contributed by atoms with van der Waals surface area (Å²) in [5.41, 5.74) is 9.38. The number of carbonyl (C=O) groups is 1. The van der Waals surface area contributed by atoms with E-state index in [1.54, 1.807) is 7.11 Å². The summed E-state index contributed by atoms with van der Waals surface area (Å²) >= 11 is 1.42. The number of aromatic nitrogens is 2. The number of guanidine groups is 1. The summed E-state index contributed by atoms with van der Waals surface area (Å²) in [6.07, 6.45) is 0.778. The molecule has 2 heterocycles. The van der Waals surface area contributed by atoms with Gasteiger partial charge in [0, 0.05) is 18.8 Å². The number of rotatable bonds is 8.